The van der Waals surface area contributed by atoms with Crippen molar-refractivity contribution in [1.29, 1.82) is 0 Å². The summed E-state index contributed by atoms with van der Waals surface area (Å²) in [5, 5.41) is 7.87. The summed E-state index contributed by atoms with van der Waals surface area (Å²) in [5.41, 5.74) is 4.84. The molecule has 0 saturated heterocycles. The van der Waals surface area contributed by atoms with Gasteiger partial charge in [-0.3, -0.25) is 4.79 Å². The van der Waals surface area contributed by atoms with Crippen molar-refractivity contribution >= 4 is 65.1 Å². The SMILES string of the molecule is C[C@H](N)C(=O)O.[Na].[Na]. The van der Waals surface area contributed by atoms with Crippen molar-refractivity contribution in [2.75, 3.05) is 0 Å². The second kappa shape index (κ2) is 8.43. The van der Waals surface area contributed by atoms with Crippen molar-refractivity contribution in [3.63, 3.8) is 0 Å². The zero-order valence-electron chi connectivity index (χ0n) is 5.51. The Morgan fingerprint density at radius 3 is 1.75 bits per heavy atom. The van der Waals surface area contributed by atoms with Gasteiger partial charge in [-0.2, -0.15) is 0 Å². The van der Waals surface area contributed by atoms with Gasteiger partial charge in [0.15, 0.2) is 0 Å². The molecule has 0 aromatic rings. The van der Waals surface area contributed by atoms with Crippen molar-refractivity contribution in [1.82, 2.24) is 0 Å². The van der Waals surface area contributed by atoms with Gasteiger partial charge in [-0.15, -0.1) is 0 Å². The fourth-order valence-corrected chi connectivity index (χ4v) is 0. The molecule has 0 aliphatic heterocycles. The largest absolute Gasteiger partial charge is 0.480 e. The van der Waals surface area contributed by atoms with Crippen LogP contribution in [0.5, 0.6) is 0 Å². The molecular formula is C3H7NNa2O2. The Balaban J connectivity index is -0.000000125. The topological polar surface area (TPSA) is 63.3 Å². The van der Waals surface area contributed by atoms with Crippen LogP contribution in [0.15, 0.2) is 0 Å². The fourth-order valence-electron chi connectivity index (χ4n) is 0. The van der Waals surface area contributed by atoms with E-state index in [0.29, 0.717) is 0 Å². The maximum Gasteiger partial charge on any atom is 0.320 e. The van der Waals surface area contributed by atoms with Crippen molar-refractivity contribution in [2.45, 2.75) is 13.0 Å². The van der Waals surface area contributed by atoms with Gasteiger partial charge in [0.1, 0.15) is 6.04 Å². The van der Waals surface area contributed by atoms with Gasteiger partial charge in [-0.25, -0.2) is 0 Å². The molecule has 0 unspecified atom stereocenters. The fraction of sp³-hybridized carbons (Fsp3) is 0.667. The number of carboxylic acid groups (broad SMARTS) is 1. The first kappa shape index (κ1) is 16.2. The van der Waals surface area contributed by atoms with Gasteiger partial charge in [0.05, 0.1) is 0 Å². The van der Waals surface area contributed by atoms with Crippen LogP contribution in [-0.2, 0) is 4.79 Å². The second-order valence-corrected chi connectivity index (χ2v) is 1.13. The minimum absolute atomic E-state index is 0. The van der Waals surface area contributed by atoms with Crippen molar-refractivity contribution in [3.05, 3.63) is 0 Å². The van der Waals surface area contributed by atoms with Gasteiger partial charge in [-0.1, -0.05) is 0 Å². The number of aliphatic carboxylic acids is 1. The molecule has 0 saturated carbocycles. The molecule has 5 heteroatoms. The van der Waals surface area contributed by atoms with E-state index in [2.05, 4.69) is 0 Å². The van der Waals surface area contributed by atoms with Gasteiger partial charge in [0, 0.05) is 59.1 Å². The zero-order chi connectivity index (χ0) is 5.15. The summed E-state index contributed by atoms with van der Waals surface area (Å²) in [4.78, 5) is 9.57. The predicted molar refractivity (Wildman–Crippen MR) is 32.8 cm³/mol. The Kier molecular flexibility index (Phi) is 17.1. The number of carbonyl (C=O) groups is 1. The van der Waals surface area contributed by atoms with Crippen LogP contribution in [-0.4, -0.2) is 76.2 Å². The summed E-state index contributed by atoms with van der Waals surface area (Å²) < 4.78 is 0. The molecule has 0 heterocycles. The van der Waals surface area contributed by atoms with E-state index in [1.165, 1.54) is 6.92 Å². The molecule has 8 heavy (non-hydrogen) atoms. The quantitative estimate of drug-likeness (QED) is 0.437. The summed E-state index contributed by atoms with van der Waals surface area (Å²) >= 11 is 0. The Morgan fingerprint density at radius 2 is 1.75 bits per heavy atom. The summed E-state index contributed by atoms with van der Waals surface area (Å²) in [6, 6.07) is -0.731. The molecule has 0 aliphatic rings. The second-order valence-electron chi connectivity index (χ2n) is 1.13. The number of carboxylic acids is 1. The molecule has 0 aromatic heterocycles. The summed E-state index contributed by atoms with van der Waals surface area (Å²) in [6.07, 6.45) is 0. The zero-order valence-corrected chi connectivity index (χ0v) is 9.51. The minimum Gasteiger partial charge on any atom is -0.480 e. The van der Waals surface area contributed by atoms with Gasteiger partial charge >= 0.3 is 5.97 Å². The summed E-state index contributed by atoms with van der Waals surface area (Å²) in [5.74, 6) is -0.963. The molecule has 2 radical (unpaired) electrons. The van der Waals surface area contributed by atoms with Gasteiger partial charge < -0.3 is 10.8 Å². The number of hydrogen-bond donors (Lipinski definition) is 2. The van der Waals surface area contributed by atoms with E-state index in [9.17, 15) is 4.79 Å². The van der Waals surface area contributed by atoms with Crippen LogP contribution in [0.3, 0.4) is 0 Å². The Bertz CT molecular complexity index is 66.3. The first-order valence-corrected chi connectivity index (χ1v) is 1.63. The van der Waals surface area contributed by atoms with Crippen LogP contribution in [0.25, 0.3) is 0 Å². The van der Waals surface area contributed by atoms with E-state index in [4.69, 9.17) is 10.8 Å². The van der Waals surface area contributed by atoms with E-state index in [0.717, 1.165) is 0 Å². The van der Waals surface area contributed by atoms with Crippen LogP contribution < -0.4 is 5.73 Å². The maximum absolute atomic E-state index is 9.57. The van der Waals surface area contributed by atoms with Crippen LogP contribution in [0, 0.1) is 0 Å². The molecule has 0 fully saturated rings. The molecule has 3 nitrogen and oxygen atoms in total. The first-order chi connectivity index (χ1) is 2.64. The van der Waals surface area contributed by atoms with Crippen LogP contribution in [0.4, 0.5) is 0 Å². The third-order valence-electron chi connectivity index (χ3n) is 0.390. The molecular weight excluding hydrogens is 128 g/mol. The molecule has 1 atom stereocenters. The number of hydrogen-bond acceptors (Lipinski definition) is 2. The van der Waals surface area contributed by atoms with E-state index in [1.807, 2.05) is 0 Å². The summed E-state index contributed by atoms with van der Waals surface area (Å²) in [7, 11) is 0. The Hall–Kier alpha value is 1.43. The molecule has 0 bridgehead atoms. The predicted octanol–water partition coefficient (Wildman–Crippen LogP) is -1.34. The van der Waals surface area contributed by atoms with Crippen molar-refractivity contribution in [2.24, 2.45) is 5.73 Å². The van der Waals surface area contributed by atoms with E-state index >= 15 is 0 Å². The molecule has 0 rings (SSSR count). The summed E-state index contributed by atoms with van der Waals surface area (Å²) in [6.45, 7) is 1.42. The molecule has 0 spiro atoms. The van der Waals surface area contributed by atoms with Gasteiger partial charge in [0.2, 0.25) is 0 Å². The molecule has 0 aromatic carbocycles. The van der Waals surface area contributed by atoms with Crippen LogP contribution in [0.1, 0.15) is 6.92 Å². The van der Waals surface area contributed by atoms with E-state index in [-0.39, 0.29) is 59.1 Å². The average Bonchev–Trinajstić information content (AvgIpc) is 1.36. The third kappa shape index (κ3) is 10.4. The van der Waals surface area contributed by atoms with E-state index < -0.39 is 12.0 Å². The molecule has 38 valence electrons. The molecule has 0 aliphatic carbocycles. The minimum atomic E-state index is -0.963. The standard InChI is InChI=1S/C3H7NO2.2Na/c1-2(4)3(5)6;;/h2H,4H2,1H3,(H,5,6);;/t2-;;/m0../s1. The Morgan fingerprint density at radius 1 is 1.62 bits per heavy atom. The first-order valence-electron chi connectivity index (χ1n) is 1.63. The van der Waals surface area contributed by atoms with Gasteiger partial charge in [-0.05, 0) is 6.92 Å². The third-order valence-corrected chi connectivity index (χ3v) is 0.390. The normalized spacial score (nSPS) is 10.2. The average molecular weight is 135 g/mol. The smallest absolute Gasteiger partial charge is 0.320 e. The van der Waals surface area contributed by atoms with Crippen molar-refractivity contribution in [3.8, 4) is 0 Å². The van der Waals surface area contributed by atoms with Gasteiger partial charge in [0.25, 0.3) is 0 Å². The Labute approximate surface area is 92.6 Å². The number of nitrogens with two attached hydrogens (primary N) is 1. The van der Waals surface area contributed by atoms with Crippen LogP contribution >= 0.6 is 0 Å². The van der Waals surface area contributed by atoms with Crippen molar-refractivity contribution < 1.29 is 9.90 Å². The van der Waals surface area contributed by atoms with Crippen LogP contribution in [0.2, 0.25) is 0 Å². The van der Waals surface area contributed by atoms with E-state index in [1.54, 1.807) is 0 Å². The monoisotopic (exact) mass is 135 g/mol. The molecule has 0 amide bonds. The number of rotatable bonds is 1. The molecule has 3 N–H and O–H groups in total. The maximum atomic E-state index is 9.57.